The summed E-state index contributed by atoms with van der Waals surface area (Å²) in [6.07, 6.45) is 2.03. The molecule has 6 atom stereocenters. The Bertz CT molecular complexity index is 1910. The summed E-state index contributed by atoms with van der Waals surface area (Å²) < 4.78 is 10.6. The number of fused-ring (bicyclic) bond motifs is 4. The van der Waals surface area contributed by atoms with Gasteiger partial charge in [0.2, 0.25) is 11.8 Å². The highest BCUT2D eigenvalue weighted by atomic mass is 16.7. The molecule has 6 heterocycles. The Balaban J connectivity index is 0.000000215. The van der Waals surface area contributed by atoms with Crippen molar-refractivity contribution in [3.05, 3.63) is 35.9 Å². The fourth-order valence-corrected chi connectivity index (χ4v) is 8.26. The molecule has 1 aromatic rings. The summed E-state index contributed by atoms with van der Waals surface area (Å²) >= 11 is 0. The van der Waals surface area contributed by atoms with E-state index in [1.807, 2.05) is 30.3 Å². The number of carbonyl (C=O) groups excluding carboxylic acids is 8. The summed E-state index contributed by atoms with van der Waals surface area (Å²) in [7, 11) is 0. The Morgan fingerprint density at radius 2 is 1.05 bits per heavy atom. The number of piperidine rings is 2. The van der Waals surface area contributed by atoms with Gasteiger partial charge in [-0.05, 0) is 85.6 Å². The van der Waals surface area contributed by atoms with E-state index in [1.54, 1.807) is 41.5 Å². The number of hydrogen-bond acceptors (Lipinski definition) is 12. The molecule has 6 aliphatic rings. The molecule has 5 N–H and O–H groups in total. The smallest absolute Gasteiger partial charge is 0.410 e. The van der Waals surface area contributed by atoms with Crippen molar-refractivity contribution in [3.8, 4) is 0 Å². The zero-order valence-corrected chi connectivity index (χ0v) is 36.7. The van der Waals surface area contributed by atoms with Gasteiger partial charge < -0.3 is 29.1 Å². The number of hydrogen-bond donors (Lipinski definition) is 5. The Hall–Kier alpha value is -5.90. The number of amides is 10. The molecule has 6 fully saturated rings. The number of urea groups is 2. The fraction of sp³-hybridized carbons (Fsp3) is 0.659. The summed E-state index contributed by atoms with van der Waals surface area (Å²) in [4.78, 5) is 111. The van der Waals surface area contributed by atoms with Gasteiger partial charge in [0.15, 0.2) is 0 Å². The molecule has 22 heteroatoms. The van der Waals surface area contributed by atoms with E-state index >= 15 is 0 Å². The van der Waals surface area contributed by atoms with Crippen molar-refractivity contribution in [2.45, 2.75) is 122 Å². The zero-order chi connectivity index (χ0) is 45.8. The summed E-state index contributed by atoms with van der Waals surface area (Å²) in [5, 5.41) is 11.7. The highest BCUT2D eigenvalue weighted by Crippen LogP contribution is 2.31. The van der Waals surface area contributed by atoms with Crippen LogP contribution in [-0.4, -0.2) is 157 Å². The highest BCUT2D eigenvalue weighted by Gasteiger charge is 2.49. The van der Waals surface area contributed by atoms with E-state index in [0.717, 1.165) is 5.56 Å². The van der Waals surface area contributed by atoms with E-state index in [2.05, 4.69) is 21.7 Å². The van der Waals surface area contributed by atoms with Crippen LogP contribution in [0, 0.1) is 11.8 Å². The first-order valence-electron chi connectivity index (χ1n) is 21.4. The fourth-order valence-electron chi connectivity index (χ4n) is 8.26. The van der Waals surface area contributed by atoms with Crippen LogP contribution in [0.1, 0.15) is 85.6 Å². The third-order valence-electron chi connectivity index (χ3n) is 11.5. The third-order valence-corrected chi connectivity index (χ3v) is 11.5. The van der Waals surface area contributed by atoms with Crippen LogP contribution in [0.25, 0.3) is 0 Å². The summed E-state index contributed by atoms with van der Waals surface area (Å²) in [6.45, 7) is 12.9. The van der Waals surface area contributed by atoms with Crippen LogP contribution in [0.15, 0.2) is 30.3 Å². The Morgan fingerprint density at radius 3 is 1.54 bits per heavy atom. The van der Waals surface area contributed by atoms with Crippen molar-refractivity contribution in [2.75, 3.05) is 39.3 Å². The van der Waals surface area contributed by atoms with Crippen LogP contribution < -0.4 is 21.7 Å². The molecule has 0 aliphatic carbocycles. The molecule has 6 saturated heterocycles. The van der Waals surface area contributed by atoms with Gasteiger partial charge in [0.05, 0.1) is 23.9 Å². The first kappa shape index (κ1) is 46.6. The molecule has 346 valence electrons. The number of nitrogens with zero attached hydrogens (tertiary/aromatic N) is 6. The van der Waals surface area contributed by atoms with E-state index < -0.39 is 71.1 Å². The van der Waals surface area contributed by atoms with Crippen LogP contribution in [0.2, 0.25) is 0 Å². The SMILES string of the molecule is CC(C)(C)OC(=O)N1CCC(C(=O)NNC(=O)[C@@H]2CC[C@@H]3CN2C(=O)N3O)C1.CC(C)(C)OC(=O)N1CCC(C(=O)NNC(=O)[C@@H]2CC[C@@H]3CN2C(=O)N3OCc2ccccc2)C1. The minimum absolute atomic E-state index is 0.109. The molecule has 22 nitrogen and oxygen atoms in total. The average Bonchev–Trinajstić information content (AvgIpc) is 4.02. The van der Waals surface area contributed by atoms with Crippen LogP contribution in [0.5, 0.6) is 0 Å². The van der Waals surface area contributed by atoms with Crippen LogP contribution in [0.4, 0.5) is 19.2 Å². The zero-order valence-electron chi connectivity index (χ0n) is 36.7. The molecule has 6 aliphatic heterocycles. The Kier molecular flexibility index (Phi) is 14.2. The molecule has 2 unspecified atom stereocenters. The van der Waals surface area contributed by atoms with Gasteiger partial charge in [-0.1, -0.05) is 30.3 Å². The predicted octanol–water partition coefficient (Wildman–Crippen LogP) is 1.84. The van der Waals surface area contributed by atoms with E-state index in [9.17, 15) is 43.6 Å². The number of ether oxygens (including phenoxy) is 2. The number of hydroxylamine groups is 4. The van der Waals surface area contributed by atoms with Crippen molar-refractivity contribution < 1.29 is 57.9 Å². The van der Waals surface area contributed by atoms with Gasteiger partial charge in [0.1, 0.15) is 29.9 Å². The van der Waals surface area contributed by atoms with Crippen molar-refractivity contribution in [1.82, 2.24) is 51.4 Å². The standard InChI is InChI=1S/C24H33N5O6.C17H27N5O6/c1-24(2,3)35-23(33)27-12-11-17(13-27)20(30)25-26-21(31)19-10-9-18-14-28(19)22(32)29(18)34-15-16-7-5-4-6-8-16;1-17(2,3)28-16(26)20-7-6-10(8-20)13(23)18-19-14(24)12-5-4-11-9-21(12)15(25)22(11)27/h4-8,17-19H,9-15H2,1-3H3,(H,25,30)(H,26,31);10-12,27H,4-9H2,1-3H3,(H,18,23)(H,19,24)/t17?,18-,19+;10?,11-,12+/m11/s1. The molecule has 0 radical (unpaired) electrons. The first-order valence-corrected chi connectivity index (χ1v) is 21.4. The number of hydrazine groups is 2. The normalized spacial score (nSPS) is 25.3. The largest absolute Gasteiger partial charge is 0.444 e. The van der Waals surface area contributed by atoms with Crippen molar-refractivity contribution >= 4 is 47.9 Å². The molecule has 0 aromatic heterocycles. The second kappa shape index (κ2) is 19.2. The third kappa shape index (κ3) is 11.6. The minimum atomic E-state index is -0.733. The number of nitrogens with one attached hydrogen (secondary N) is 4. The topological polar surface area (TPSA) is 252 Å². The Morgan fingerprint density at radius 1 is 0.603 bits per heavy atom. The maximum absolute atomic E-state index is 12.9. The average molecular weight is 885 g/mol. The summed E-state index contributed by atoms with van der Waals surface area (Å²) in [5.41, 5.74) is 9.39. The van der Waals surface area contributed by atoms with Crippen LogP contribution in [0.3, 0.4) is 0 Å². The van der Waals surface area contributed by atoms with Gasteiger partial charge in [-0.15, -0.1) is 0 Å². The van der Waals surface area contributed by atoms with Crippen LogP contribution in [-0.2, 0) is 40.1 Å². The van der Waals surface area contributed by atoms with E-state index in [0.29, 0.717) is 63.2 Å². The lowest BCUT2D eigenvalue weighted by Gasteiger charge is -2.29. The van der Waals surface area contributed by atoms with Gasteiger partial charge >= 0.3 is 24.2 Å². The van der Waals surface area contributed by atoms with Gasteiger partial charge in [-0.2, -0.15) is 5.06 Å². The summed E-state index contributed by atoms with van der Waals surface area (Å²) in [6, 6.07) is 6.79. The predicted molar refractivity (Wildman–Crippen MR) is 219 cm³/mol. The molecule has 7 rings (SSSR count). The second-order valence-corrected chi connectivity index (χ2v) is 18.6. The van der Waals surface area contributed by atoms with Crippen LogP contribution >= 0.6 is 0 Å². The molecular weight excluding hydrogens is 825 g/mol. The minimum Gasteiger partial charge on any atom is -0.444 e. The number of likely N-dealkylation sites (tertiary alicyclic amines) is 2. The maximum Gasteiger partial charge on any atom is 0.410 e. The lowest BCUT2D eigenvalue weighted by Crippen LogP contribution is -2.55. The molecule has 4 bridgehead atoms. The maximum atomic E-state index is 12.9. The Labute approximate surface area is 365 Å². The number of benzene rings is 1. The van der Waals surface area contributed by atoms with Gasteiger partial charge in [0, 0.05) is 39.3 Å². The second-order valence-electron chi connectivity index (χ2n) is 18.6. The number of carbonyl (C=O) groups is 8. The number of rotatable bonds is 7. The molecule has 1 aromatic carbocycles. The molecule has 0 saturated carbocycles. The molecule has 10 amide bonds. The first-order chi connectivity index (χ1) is 29.7. The van der Waals surface area contributed by atoms with E-state index in [-0.39, 0.29) is 50.3 Å². The summed E-state index contributed by atoms with van der Waals surface area (Å²) in [5.74, 6) is -2.63. The quantitative estimate of drug-likeness (QED) is 0.194. The van der Waals surface area contributed by atoms with Gasteiger partial charge in [-0.25, -0.2) is 24.2 Å². The van der Waals surface area contributed by atoms with Crippen molar-refractivity contribution in [1.29, 1.82) is 0 Å². The highest BCUT2D eigenvalue weighted by molar-refractivity contribution is 5.91. The van der Waals surface area contributed by atoms with E-state index in [4.69, 9.17) is 14.3 Å². The van der Waals surface area contributed by atoms with E-state index in [1.165, 1.54) is 24.7 Å². The molecular formula is C41H60N10O12. The van der Waals surface area contributed by atoms with Gasteiger partial charge in [0.25, 0.3) is 11.8 Å². The molecule has 63 heavy (non-hydrogen) atoms. The lowest BCUT2D eigenvalue weighted by molar-refractivity contribution is -0.140. The lowest BCUT2D eigenvalue weighted by atomic mass is 10.0. The molecule has 0 spiro atoms. The van der Waals surface area contributed by atoms with Crippen molar-refractivity contribution in [3.63, 3.8) is 0 Å². The van der Waals surface area contributed by atoms with Crippen molar-refractivity contribution in [2.24, 2.45) is 11.8 Å². The monoisotopic (exact) mass is 884 g/mol. The van der Waals surface area contributed by atoms with Gasteiger partial charge in [-0.3, -0.25) is 50.9 Å².